The van der Waals surface area contributed by atoms with E-state index in [1.165, 1.54) is 19.2 Å². The molecule has 0 aromatic heterocycles. The Hall–Kier alpha value is 0.910. The van der Waals surface area contributed by atoms with E-state index in [1.54, 1.807) is 0 Å². The molecule has 0 fully saturated rings. The molecule has 0 atom stereocenters. The predicted molar refractivity (Wildman–Crippen MR) is 64.2 cm³/mol. The third kappa shape index (κ3) is 2.18. The third-order valence-electron chi connectivity index (χ3n) is 1.51. The molecular formula is C8H7Br2I. The average molecular weight is 390 g/mol. The lowest BCUT2D eigenvalue weighted by atomic mass is 10.2. The smallest absolute Gasteiger partial charge is 0.0304 e. The Morgan fingerprint density at radius 2 is 2.09 bits per heavy atom. The van der Waals surface area contributed by atoms with Crippen LogP contribution in [0.25, 0.3) is 0 Å². The Morgan fingerprint density at radius 3 is 2.55 bits per heavy atom. The maximum Gasteiger partial charge on any atom is 0.0304 e. The van der Waals surface area contributed by atoms with Gasteiger partial charge in [-0.25, -0.2) is 0 Å². The Labute approximate surface area is 97.2 Å². The normalized spacial score (nSPS) is 10.2. The number of aryl methyl sites for hydroxylation is 1. The molecule has 60 valence electrons. The van der Waals surface area contributed by atoms with Gasteiger partial charge in [0.25, 0.3) is 0 Å². The number of rotatable bonds is 1. The lowest BCUT2D eigenvalue weighted by molar-refractivity contribution is 1.30. The van der Waals surface area contributed by atoms with Crippen LogP contribution in [0.1, 0.15) is 11.1 Å². The van der Waals surface area contributed by atoms with E-state index >= 15 is 0 Å². The standard InChI is InChI=1S/C8H7Br2I/c1-5-2-3-7(10)6(4-9)8(5)11/h2-3H,4H2,1H3. The highest BCUT2D eigenvalue weighted by atomic mass is 127. The van der Waals surface area contributed by atoms with E-state index in [-0.39, 0.29) is 0 Å². The lowest BCUT2D eigenvalue weighted by Crippen LogP contribution is -1.89. The molecule has 0 nitrogen and oxygen atoms in total. The Morgan fingerprint density at radius 1 is 1.45 bits per heavy atom. The molecule has 0 heterocycles. The molecule has 0 bridgehead atoms. The van der Waals surface area contributed by atoms with Gasteiger partial charge in [-0.3, -0.25) is 0 Å². The van der Waals surface area contributed by atoms with E-state index in [1.807, 2.05) is 0 Å². The minimum absolute atomic E-state index is 0.910. The quantitative estimate of drug-likeness (QED) is 0.497. The Bertz CT molecular complexity index is 271. The summed E-state index contributed by atoms with van der Waals surface area (Å²) >= 11 is 9.34. The van der Waals surface area contributed by atoms with Crippen LogP contribution in [-0.2, 0) is 5.33 Å². The van der Waals surface area contributed by atoms with Crippen LogP contribution in [0.15, 0.2) is 16.6 Å². The fraction of sp³-hybridized carbons (Fsp3) is 0.250. The highest BCUT2D eigenvalue weighted by Gasteiger charge is 2.04. The van der Waals surface area contributed by atoms with Crippen molar-refractivity contribution in [3.05, 3.63) is 31.3 Å². The highest BCUT2D eigenvalue weighted by Crippen LogP contribution is 2.26. The van der Waals surface area contributed by atoms with Crippen LogP contribution in [0.2, 0.25) is 0 Å². The molecule has 0 aliphatic rings. The largest absolute Gasteiger partial charge is 0.0875 e. The molecule has 0 spiro atoms. The van der Waals surface area contributed by atoms with Gasteiger partial charge in [-0.15, -0.1) is 0 Å². The second kappa shape index (κ2) is 4.23. The first-order valence-corrected chi connectivity index (χ1v) is 6.15. The van der Waals surface area contributed by atoms with Crippen molar-refractivity contribution in [2.24, 2.45) is 0 Å². The van der Waals surface area contributed by atoms with Crippen molar-refractivity contribution < 1.29 is 0 Å². The number of halogens is 3. The summed E-state index contributed by atoms with van der Waals surface area (Å²) in [5, 5.41) is 0.910. The molecule has 1 aromatic carbocycles. The maximum absolute atomic E-state index is 3.51. The molecule has 1 rings (SSSR count). The van der Waals surface area contributed by atoms with Crippen LogP contribution in [0, 0.1) is 10.5 Å². The second-order valence-corrected chi connectivity index (χ2v) is 4.78. The molecule has 0 N–H and O–H groups in total. The molecule has 0 aliphatic heterocycles. The zero-order chi connectivity index (χ0) is 8.43. The van der Waals surface area contributed by atoms with E-state index in [0.717, 1.165) is 5.33 Å². The molecule has 0 unspecified atom stereocenters. The minimum Gasteiger partial charge on any atom is -0.0875 e. The number of benzene rings is 1. The maximum atomic E-state index is 3.51. The summed E-state index contributed by atoms with van der Waals surface area (Å²) in [6.45, 7) is 2.13. The van der Waals surface area contributed by atoms with Crippen LogP contribution in [0.4, 0.5) is 0 Å². The summed E-state index contributed by atoms with van der Waals surface area (Å²) in [7, 11) is 0. The SMILES string of the molecule is Cc1ccc(Br)c(CBr)c1I. The summed E-state index contributed by atoms with van der Waals surface area (Å²) in [5.41, 5.74) is 2.67. The van der Waals surface area contributed by atoms with Gasteiger partial charge < -0.3 is 0 Å². The van der Waals surface area contributed by atoms with Crippen LogP contribution >= 0.6 is 54.5 Å². The molecule has 0 aliphatic carbocycles. The summed E-state index contributed by atoms with van der Waals surface area (Å²) in [6, 6.07) is 4.21. The van der Waals surface area contributed by atoms with Gasteiger partial charge in [0, 0.05) is 13.4 Å². The van der Waals surface area contributed by atoms with Crippen molar-refractivity contribution in [2.75, 3.05) is 0 Å². The molecule has 0 radical (unpaired) electrons. The van der Waals surface area contributed by atoms with Gasteiger partial charge in [-0.05, 0) is 46.7 Å². The fourth-order valence-electron chi connectivity index (χ4n) is 0.837. The molecule has 0 saturated heterocycles. The molecule has 0 amide bonds. The van der Waals surface area contributed by atoms with Gasteiger partial charge in [0.1, 0.15) is 0 Å². The first-order valence-electron chi connectivity index (χ1n) is 3.16. The lowest BCUT2D eigenvalue weighted by Gasteiger charge is -2.05. The van der Waals surface area contributed by atoms with Crippen molar-refractivity contribution in [2.45, 2.75) is 12.3 Å². The summed E-state index contributed by atoms with van der Waals surface area (Å²) in [6.07, 6.45) is 0. The number of alkyl halides is 1. The van der Waals surface area contributed by atoms with Gasteiger partial charge >= 0.3 is 0 Å². The summed E-state index contributed by atoms with van der Waals surface area (Å²) < 4.78 is 2.53. The van der Waals surface area contributed by atoms with Crippen molar-refractivity contribution in [3.63, 3.8) is 0 Å². The fourth-order valence-corrected chi connectivity index (χ4v) is 3.82. The first kappa shape index (κ1) is 9.99. The van der Waals surface area contributed by atoms with Gasteiger partial charge in [0.2, 0.25) is 0 Å². The van der Waals surface area contributed by atoms with E-state index in [9.17, 15) is 0 Å². The second-order valence-electron chi connectivity index (χ2n) is 2.29. The number of hydrogen-bond acceptors (Lipinski definition) is 0. The molecule has 11 heavy (non-hydrogen) atoms. The predicted octanol–water partition coefficient (Wildman–Crippen LogP) is 4.26. The topological polar surface area (TPSA) is 0 Å². The van der Waals surface area contributed by atoms with E-state index in [4.69, 9.17) is 0 Å². The van der Waals surface area contributed by atoms with Crippen LogP contribution in [0.3, 0.4) is 0 Å². The zero-order valence-electron chi connectivity index (χ0n) is 6.00. The molecule has 0 saturated carbocycles. The van der Waals surface area contributed by atoms with Crippen LogP contribution < -0.4 is 0 Å². The van der Waals surface area contributed by atoms with Crippen molar-refractivity contribution >= 4 is 54.5 Å². The summed E-state index contributed by atoms with van der Waals surface area (Å²) in [5.74, 6) is 0. The van der Waals surface area contributed by atoms with Crippen LogP contribution in [-0.4, -0.2) is 0 Å². The molecular weight excluding hydrogens is 383 g/mol. The number of hydrogen-bond donors (Lipinski definition) is 0. The van der Waals surface area contributed by atoms with Crippen molar-refractivity contribution in [3.8, 4) is 0 Å². The highest BCUT2D eigenvalue weighted by molar-refractivity contribution is 14.1. The first-order chi connectivity index (χ1) is 5.16. The van der Waals surface area contributed by atoms with Gasteiger partial charge in [0.15, 0.2) is 0 Å². The van der Waals surface area contributed by atoms with Crippen LogP contribution in [0.5, 0.6) is 0 Å². The van der Waals surface area contributed by atoms with Crippen molar-refractivity contribution in [1.29, 1.82) is 0 Å². The van der Waals surface area contributed by atoms with E-state index in [2.05, 4.69) is 73.5 Å². The van der Waals surface area contributed by atoms with Gasteiger partial charge in [-0.1, -0.05) is 37.9 Å². The van der Waals surface area contributed by atoms with Gasteiger partial charge in [0.05, 0.1) is 0 Å². The minimum atomic E-state index is 0.910. The van der Waals surface area contributed by atoms with Crippen molar-refractivity contribution in [1.82, 2.24) is 0 Å². The monoisotopic (exact) mass is 388 g/mol. The van der Waals surface area contributed by atoms with E-state index < -0.39 is 0 Å². The Balaban J connectivity index is 3.29. The molecule has 3 heteroatoms. The third-order valence-corrected chi connectivity index (χ3v) is 4.32. The summed E-state index contributed by atoms with van der Waals surface area (Å²) in [4.78, 5) is 0. The average Bonchev–Trinajstić information content (AvgIpc) is 1.99. The van der Waals surface area contributed by atoms with E-state index in [0.29, 0.717) is 0 Å². The zero-order valence-corrected chi connectivity index (χ0v) is 11.3. The van der Waals surface area contributed by atoms with Gasteiger partial charge in [-0.2, -0.15) is 0 Å². The Kier molecular flexibility index (Phi) is 3.85. The molecule has 1 aromatic rings.